The number of carbonyl (C=O) groups excluding carboxylic acids is 2. The molecule has 1 amide bonds. The Kier molecular flexibility index (Phi) is 7.84. The molecular formula is C26H29NO5. The molecule has 1 heterocycles. The average molecular weight is 436 g/mol. The van der Waals surface area contributed by atoms with Crippen LogP contribution in [0.3, 0.4) is 0 Å². The molecule has 1 aliphatic heterocycles. The Bertz CT molecular complexity index is 993. The van der Waals surface area contributed by atoms with E-state index in [0.717, 1.165) is 11.1 Å². The van der Waals surface area contributed by atoms with Gasteiger partial charge in [-0.15, -0.1) is 0 Å². The van der Waals surface area contributed by atoms with Crippen molar-refractivity contribution in [3.05, 3.63) is 83.1 Å². The highest BCUT2D eigenvalue weighted by molar-refractivity contribution is 6.14. The second-order valence-electron chi connectivity index (χ2n) is 7.82. The first-order chi connectivity index (χ1) is 15.4. The SMILES string of the molecule is COc1ccc([C@@H]2C(C(=O)/C=C/c3ccccc3)=C(O)C(=O)N2CCCOC(C)C)cc1. The fourth-order valence-electron chi connectivity index (χ4n) is 3.65. The average Bonchev–Trinajstić information content (AvgIpc) is 3.06. The lowest BCUT2D eigenvalue weighted by atomic mass is 9.95. The maximum absolute atomic E-state index is 13.1. The number of nitrogens with zero attached hydrogens (tertiary/aromatic N) is 1. The maximum Gasteiger partial charge on any atom is 0.290 e. The summed E-state index contributed by atoms with van der Waals surface area (Å²) in [4.78, 5) is 27.6. The summed E-state index contributed by atoms with van der Waals surface area (Å²) in [5.74, 6) is -0.786. The first-order valence-electron chi connectivity index (χ1n) is 10.7. The first kappa shape index (κ1) is 23.3. The number of hydrogen-bond donors (Lipinski definition) is 1. The summed E-state index contributed by atoms with van der Waals surface area (Å²) in [6.07, 6.45) is 3.76. The zero-order chi connectivity index (χ0) is 23.1. The van der Waals surface area contributed by atoms with Crippen molar-refractivity contribution in [3.63, 3.8) is 0 Å². The number of aliphatic hydroxyl groups excluding tert-OH is 1. The van der Waals surface area contributed by atoms with E-state index in [4.69, 9.17) is 9.47 Å². The van der Waals surface area contributed by atoms with Crippen molar-refractivity contribution in [1.29, 1.82) is 0 Å². The monoisotopic (exact) mass is 435 g/mol. The molecule has 6 nitrogen and oxygen atoms in total. The van der Waals surface area contributed by atoms with E-state index in [1.54, 1.807) is 37.5 Å². The Hall–Kier alpha value is -3.38. The van der Waals surface area contributed by atoms with Gasteiger partial charge in [-0.3, -0.25) is 9.59 Å². The van der Waals surface area contributed by atoms with Gasteiger partial charge in [-0.05, 0) is 49.6 Å². The van der Waals surface area contributed by atoms with E-state index < -0.39 is 23.5 Å². The molecule has 0 saturated carbocycles. The van der Waals surface area contributed by atoms with Crippen LogP contribution in [0.2, 0.25) is 0 Å². The van der Waals surface area contributed by atoms with Gasteiger partial charge in [0.1, 0.15) is 5.75 Å². The number of ketones is 1. The van der Waals surface area contributed by atoms with E-state index in [0.29, 0.717) is 25.3 Å². The fourth-order valence-corrected chi connectivity index (χ4v) is 3.65. The third-order valence-corrected chi connectivity index (χ3v) is 5.22. The zero-order valence-corrected chi connectivity index (χ0v) is 18.7. The van der Waals surface area contributed by atoms with Crippen molar-refractivity contribution in [2.75, 3.05) is 20.3 Å². The van der Waals surface area contributed by atoms with Gasteiger partial charge < -0.3 is 19.5 Å². The molecule has 0 unspecified atom stereocenters. The molecule has 168 valence electrons. The van der Waals surface area contributed by atoms with Gasteiger partial charge in [0.15, 0.2) is 11.5 Å². The highest BCUT2D eigenvalue weighted by Crippen LogP contribution is 2.38. The van der Waals surface area contributed by atoms with E-state index in [1.807, 2.05) is 44.2 Å². The Balaban J connectivity index is 1.90. The molecule has 2 aromatic carbocycles. The lowest BCUT2D eigenvalue weighted by Crippen LogP contribution is -2.32. The van der Waals surface area contributed by atoms with Gasteiger partial charge in [0.2, 0.25) is 0 Å². The number of amides is 1. The summed E-state index contributed by atoms with van der Waals surface area (Å²) in [5, 5.41) is 10.7. The van der Waals surface area contributed by atoms with Crippen LogP contribution in [0.25, 0.3) is 6.08 Å². The van der Waals surface area contributed by atoms with E-state index in [1.165, 1.54) is 11.0 Å². The van der Waals surface area contributed by atoms with E-state index in [2.05, 4.69) is 0 Å². The molecular weight excluding hydrogens is 406 g/mol. The summed E-state index contributed by atoms with van der Waals surface area (Å²) in [6.45, 7) is 4.73. The minimum absolute atomic E-state index is 0.0807. The summed E-state index contributed by atoms with van der Waals surface area (Å²) < 4.78 is 10.8. The quantitative estimate of drug-likeness (QED) is 0.440. The topological polar surface area (TPSA) is 76.1 Å². The van der Waals surface area contributed by atoms with Gasteiger partial charge in [0.05, 0.1) is 24.8 Å². The lowest BCUT2D eigenvalue weighted by Gasteiger charge is -2.27. The van der Waals surface area contributed by atoms with Gasteiger partial charge in [0.25, 0.3) is 5.91 Å². The Labute approximate surface area is 188 Å². The summed E-state index contributed by atoms with van der Waals surface area (Å²) >= 11 is 0. The van der Waals surface area contributed by atoms with Crippen LogP contribution in [0.1, 0.15) is 37.4 Å². The zero-order valence-electron chi connectivity index (χ0n) is 18.7. The molecule has 6 heteroatoms. The number of carbonyl (C=O) groups is 2. The van der Waals surface area contributed by atoms with Gasteiger partial charge in [-0.2, -0.15) is 0 Å². The van der Waals surface area contributed by atoms with E-state index in [9.17, 15) is 14.7 Å². The van der Waals surface area contributed by atoms with Crippen LogP contribution in [0.4, 0.5) is 0 Å². The van der Waals surface area contributed by atoms with Gasteiger partial charge in [-0.1, -0.05) is 48.5 Å². The number of ether oxygens (including phenoxy) is 2. The highest BCUT2D eigenvalue weighted by atomic mass is 16.5. The van der Waals surface area contributed by atoms with Crippen LogP contribution >= 0.6 is 0 Å². The van der Waals surface area contributed by atoms with Crippen LogP contribution in [0, 0.1) is 0 Å². The maximum atomic E-state index is 13.1. The van der Waals surface area contributed by atoms with Crippen molar-refractivity contribution in [1.82, 2.24) is 4.90 Å². The van der Waals surface area contributed by atoms with Gasteiger partial charge in [-0.25, -0.2) is 0 Å². The minimum atomic E-state index is -0.680. The molecule has 0 fully saturated rings. The number of methoxy groups -OCH3 is 1. The number of allylic oxidation sites excluding steroid dienone is 1. The summed E-state index contributed by atoms with van der Waals surface area (Å²) in [6, 6.07) is 15.9. The third kappa shape index (κ3) is 5.45. The molecule has 0 aliphatic carbocycles. The number of benzene rings is 2. The molecule has 0 radical (unpaired) electrons. The number of hydrogen-bond acceptors (Lipinski definition) is 5. The van der Waals surface area contributed by atoms with Gasteiger partial charge >= 0.3 is 0 Å². The van der Waals surface area contributed by atoms with Crippen molar-refractivity contribution in [3.8, 4) is 5.75 Å². The van der Waals surface area contributed by atoms with E-state index in [-0.39, 0.29) is 11.7 Å². The molecule has 2 aromatic rings. The van der Waals surface area contributed by atoms with Crippen LogP contribution in [0.15, 0.2) is 72.0 Å². The lowest BCUT2D eigenvalue weighted by molar-refractivity contribution is -0.129. The fraction of sp³-hybridized carbons (Fsp3) is 0.308. The molecule has 0 bridgehead atoms. The number of rotatable bonds is 10. The molecule has 0 spiro atoms. The van der Waals surface area contributed by atoms with Crippen LogP contribution in [0.5, 0.6) is 5.75 Å². The number of aliphatic hydroxyl groups is 1. The standard InChI is InChI=1S/C26H29NO5/c1-18(2)32-17-7-16-27-24(20-11-13-21(31-3)14-12-20)23(25(29)26(27)30)22(28)15-10-19-8-5-4-6-9-19/h4-6,8-15,18,24,29H,7,16-17H2,1-3H3/b15-10+/t24-/m1/s1. The Morgan fingerprint density at radius 2 is 1.81 bits per heavy atom. The second kappa shape index (κ2) is 10.8. The first-order valence-corrected chi connectivity index (χ1v) is 10.7. The third-order valence-electron chi connectivity index (χ3n) is 5.22. The normalized spacial score (nSPS) is 16.4. The van der Waals surface area contributed by atoms with Crippen LogP contribution in [-0.2, 0) is 14.3 Å². The predicted octanol–water partition coefficient (Wildman–Crippen LogP) is 4.49. The second-order valence-corrected chi connectivity index (χ2v) is 7.82. The summed E-state index contributed by atoms with van der Waals surface area (Å²) in [7, 11) is 1.57. The molecule has 1 aliphatic rings. The van der Waals surface area contributed by atoms with Crippen molar-refractivity contribution >= 4 is 17.8 Å². The largest absolute Gasteiger partial charge is 0.503 e. The van der Waals surface area contributed by atoms with E-state index >= 15 is 0 Å². The van der Waals surface area contributed by atoms with Crippen molar-refractivity contribution in [2.24, 2.45) is 0 Å². The Morgan fingerprint density at radius 1 is 1.12 bits per heavy atom. The molecule has 1 N–H and O–H groups in total. The smallest absolute Gasteiger partial charge is 0.290 e. The molecule has 0 aromatic heterocycles. The predicted molar refractivity (Wildman–Crippen MR) is 123 cm³/mol. The van der Waals surface area contributed by atoms with Crippen LogP contribution in [-0.4, -0.2) is 48.1 Å². The molecule has 3 rings (SSSR count). The van der Waals surface area contributed by atoms with Gasteiger partial charge in [0, 0.05) is 13.2 Å². The van der Waals surface area contributed by atoms with Crippen LogP contribution < -0.4 is 4.74 Å². The molecule has 1 atom stereocenters. The highest BCUT2D eigenvalue weighted by Gasteiger charge is 2.42. The van der Waals surface area contributed by atoms with Crippen molar-refractivity contribution in [2.45, 2.75) is 32.4 Å². The molecule has 0 saturated heterocycles. The summed E-state index contributed by atoms with van der Waals surface area (Å²) in [5.41, 5.74) is 1.66. The Morgan fingerprint density at radius 3 is 2.44 bits per heavy atom. The molecule has 32 heavy (non-hydrogen) atoms. The minimum Gasteiger partial charge on any atom is -0.503 e. The van der Waals surface area contributed by atoms with Crippen molar-refractivity contribution < 1.29 is 24.2 Å².